The van der Waals surface area contributed by atoms with Crippen molar-refractivity contribution < 1.29 is 19.4 Å². The molecule has 0 spiro atoms. The Balaban J connectivity index is 1.79. The van der Waals surface area contributed by atoms with Crippen LogP contribution in [0, 0.1) is 5.92 Å². The van der Waals surface area contributed by atoms with E-state index in [1.807, 2.05) is 38.1 Å². The average Bonchev–Trinajstić information content (AvgIpc) is 3.09. The predicted octanol–water partition coefficient (Wildman–Crippen LogP) is 2.76. The molecule has 0 bridgehead atoms. The first-order valence-electron chi connectivity index (χ1n) is 9.68. The molecular formula is C21H27N3O4. The third-order valence-corrected chi connectivity index (χ3v) is 5.45. The Morgan fingerprint density at radius 1 is 1.29 bits per heavy atom. The third-order valence-electron chi connectivity index (χ3n) is 5.45. The van der Waals surface area contributed by atoms with Gasteiger partial charge in [0, 0.05) is 43.2 Å². The minimum Gasteiger partial charge on any atom is -0.497 e. The number of methoxy groups -OCH3 is 1. The van der Waals surface area contributed by atoms with Crippen LogP contribution in [0.3, 0.4) is 0 Å². The van der Waals surface area contributed by atoms with Crippen LogP contribution in [0.25, 0.3) is 0 Å². The smallest absolute Gasteiger partial charge is 0.356 e. The zero-order valence-electron chi connectivity index (χ0n) is 16.6. The molecule has 0 fully saturated rings. The standard InChI is InChI=1S/C21H27N3O4/c1-4-14(2)20(25)23-11-10-18-17(13-23)19(21(26)27)22-24(18)12-9-15-5-7-16(28-3)8-6-15/h5-8,14H,4,9-13H2,1-3H3,(H,26,27)/t14-/m0/s1. The molecule has 0 radical (unpaired) electrons. The van der Waals surface area contributed by atoms with Gasteiger partial charge in [-0.1, -0.05) is 26.0 Å². The molecule has 28 heavy (non-hydrogen) atoms. The van der Waals surface area contributed by atoms with E-state index >= 15 is 0 Å². The number of rotatable bonds is 7. The number of carbonyl (C=O) groups is 2. The predicted molar refractivity (Wildman–Crippen MR) is 104 cm³/mol. The Bertz CT molecular complexity index is 857. The van der Waals surface area contributed by atoms with Crippen LogP contribution in [-0.4, -0.2) is 45.3 Å². The van der Waals surface area contributed by atoms with Crippen LogP contribution in [-0.2, 0) is 30.7 Å². The monoisotopic (exact) mass is 385 g/mol. The summed E-state index contributed by atoms with van der Waals surface area (Å²) in [6.07, 6.45) is 2.14. The second-order valence-electron chi connectivity index (χ2n) is 7.22. The number of nitrogens with zero attached hydrogens (tertiary/aromatic N) is 3. The first-order valence-corrected chi connectivity index (χ1v) is 9.68. The molecule has 2 aromatic rings. The second-order valence-corrected chi connectivity index (χ2v) is 7.22. The van der Waals surface area contributed by atoms with Gasteiger partial charge in [0.25, 0.3) is 0 Å². The van der Waals surface area contributed by atoms with E-state index in [-0.39, 0.29) is 17.5 Å². The maximum Gasteiger partial charge on any atom is 0.356 e. The molecule has 1 amide bonds. The third kappa shape index (κ3) is 4.03. The van der Waals surface area contributed by atoms with Crippen molar-refractivity contribution in [2.45, 2.75) is 46.2 Å². The summed E-state index contributed by atoms with van der Waals surface area (Å²) in [6.45, 7) is 5.42. The fraction of sp³-hybridized carbons (Fsp3) is 0.476. The summed E-state index contributed by atoms with van der Waals surface area (Å²) in [7, 11) is 1.63. The minimum atomic E-state index is -1.04. The summed E-state index contributed by atoms with van der Waals surface area (Å²) in [5.41, 5.74) is 2.79. The van der Waals surface area contributed by atoms with Crippen LogP contribution < -0.4 is 4.74 Å². The maximum absolute atomic E-state index is 12.5. The molecule has 1 atom stereocenters. The van der Waals surface area contributed by atoms with E-state index in [4.69, 9.17) is 4.74 Å². The number of ether oxygens (including phenoxy) is 1. The van der Waals surface area contributed by atoms with Gasteiger partial charge in [-0.2, -0.15) is 5.10 Å². The second kappa shape index (κ2) is 8.46. The van der Waals surface area contributed by atoms with Crippen LogP contribution in [0.15, 0.2) is 24.3 Å². The number of aryl methyl sites for hydroxylation is 2. The first kappa shape index (κ1) is 19.9. The molecule has 1 aliphatic rings. The Kier molecular flexibility index (Phi) is 6.02. The number of carbonyl (C=O) groups excluding carboxylic acids is 1. The number of hydrogen-bond donors (Lipinski definition) is 1. The molecule has 1 N–H and O–H groups in total. The summed E-state index contributed by atoms with van der Waals surface area (Å²) < 4.78 is 6.97. The normalized spacial score (nSPS) is 14.5. The van der Waals surface area contributed by atoms with Gasteiger partial charge in [0.15, 0.2) is 5.69 Å². The molecule has 0 saturated carbocycles. The zero-order chi connectivity index (χ0) is 20.3. The van der Waals surface area contributed by atoms with Gasteiger partial charge in [0.2, 0.25) is 5.91 Å². The van der Waals surface area contributed by atoms with E-state index in [1.54, 1.807) is 16.7 Å². The van der Waals surface area contributed by atoms with Crippen molar-refractivity contribution in [3.63, 3.8) is 0 Å². The summed E-state index contributed by atoms with van der Waals surface area (Å²) in [5, 5.41) is 13.9. The largest absolute Gasteiger partial charge is 0.497 e. The van der Waals surface area contributed by atoms with Gasteiger partial charge >= 0.3 is 5.97 Å². The van der Waals surface area contributed by atoms with Crippen LogP contribution >= 0.6 is 0 Å². The van der Waals surface area contributed by atoms with E-state index in [0.29, 0.717) is 31.6 Å². The lowest BCUT2D eigenvalue weighted by Gasteiger charge is -2.29. The van der Waals surface area contributed by atoms with Crippen LogP contribution in [0.2, 0.25) is 0 Å². The lowest BCUT2D eigenvalue weighted by atomic mass is 10.0. The van der Waals surface area contributed by atoms with E-state index in [0.717, 1.165) is 29.8 Å². The average molecular weight is 385 g/mol. The Labute approximate surface area is 164 Å². The molecule has 0 aliphatic carbocycles. The minimum absolute atomic E-state index is 0.0556. The summed E-state index contributed by atoms with van der Waals surface area (Å²) in [4.78, 5) is 26.0. The highest BCUT2D eigenvalue weighted by Gasteiger charge is 2.31. The molecule has 0 unspecified atom stereocenters. The molecule has 7 heteroatoms. The van der Waals surface area contributed by atoms with Crippen molar-refractivity contribution in [1.29, 1.82) is 0 Å². The molecule has 150 valence electrons. The number of aromatic nitrogens is 2. The van der Waals surface area contributed by atoms with Crippen molar-refractivity contribution in [3.05, 3.63) is 46.8 Å². The SMILES string of the molecule is CC[C@H](C)C(=O)N1CCc2c(c(C(=O)O)nn2CCc2ccc(OC)cc2)C1. The van der Waals surface area contributed by atoms with Crippen molar-refractivity contribution in [3.8, 4) is 5.75 Å². The molecule has 1 aromatic carbocycles. The van der Waals surface area contributed by atoms with E-state index in [1.165, 1.54) is 0 Å². The molecular weight excluding hydrogens is 358 g/mol. The Morgan fingerprint density at radius 2 is 2.00 bits per heavy atom. The number of fused-ring (bicyclic) bond motifs is 1. The van der Waals surface area contributed by atoms with Gasteiger partial charge in [-0.25, -0.2) is 4.79 Å². The molecule has 2 heterocycles. The number of hydrogen-bond acceptors (Lipinski definition) is 4. The topological polar surface area (TPSA) is 84.7 Å². The van der Waals surface area contributed by atoms with Crippen molar-refractivity contribution in [2.75, 3.05) is 13.7 Å². The van der Waals surface area contributed by atoms with Gasteiger partial charge in [-0.3, -0.25) is 9.48 Å². The molecule has 1 aliphatic heterocycles. The van der Waals surface area contributed by atoms with Gasteiger partial charge in [0.1, 0.15) is 5.75 Å². The first-order chi connectivity index (χ1) is 13.4. The number of amides is 1. The van der Waals surface area contributed by atoms with Gasteiger partial charge < -0.3 is 14.7 Å². The molecule has 0 saturated heterocycles. The van der Waals surface area contributed by atoms with Gasteiger partial charge in [-0.05, 0) is 30.5 Å². The molecule has 1 aromatic heterocycles. The fourth-order valence-electron chi connectivity index (χ4n) is 3.55. The van der Waals surface area contributed by atoms with E-state index in [9.17, 15) is 14.7 Å². The number of benzene rings is 1. The van der Waals surface area contributed by atoms with Crippen molar-refractivity contribution in [1.82, 2.24) is 14.7 Å². The molecule has 7 nitrogen and oxygen atoms in total. The highest BCUT2D eigenvalue weighted by Crippen LogP contribution is 2.25. The lowest BCUT2D eigenvalue weighted by Crippen LogP contribution is -2.39. The number of aromatic carboxylic acids is 1. The molecule has 3 rings (SSSR count). The van der Waals surface area contributed by atoms with Crippen molar-refractivity contribution in [2.24, 2.45) is 5.92 Å². The summed E-state index contributed by atoms with van der Waals surface area (Å²) in [5.74, 6) is -0.216. The highest BCUT2D eigenvalue weighted by atomic mass is 16.5. The Morgan fingerprint density at radius 3 is 2.61 bits per heavy atom. The number of carboxylic acids is 1. The van der Waals surface area contributed by atoms with E-state index < -0.39 is 5.97 Å². The van der Waals surface area contributed by atoms with Crippen LogP contribution in [0.1, 0.15) is 47.6 Å². The zero-order valence-corrected chi connectivity index (χ0v) is 16.6. The van der Waals surface area contributed by atoms with E-state index in [2.05, 4.69) is 5.10 Å². The summed E-state index contributed by atoms with van der Waals surface area (Å²) in [6, 6.07) is 7.82. The van der Waals surface area contributed by atoms with Crippen LogP contribution in [0.4, 0.5) is 0 Å². The van der Waals surface area contributed by atoms with Crippen molar-refractivity contribution >= 4 is 11.9 Å². The Hall–Kier alpha value is -2.83. The lowest BCUT2D eigenvalue weighted by molar-refractivity contribution is -0.136. The van der Waals surface area contributed by atoms with Gasteiger partial charge in [0.05, 0.1) is 7.11 Å². The maximum atomic E-state index is 12.5. The van der Waals surface area contributed by atoms with Crippen LogP contribution in [0.5, 0.6) is 5.75 Å². The van der Waals surface area contributed by atoms with Gasteiger partial charge in [-0.15, -0.1) is 0 Å². The fourth-order valence-corrected chi connectivity index (χ4v) is 3.55. The highest BCUT2D eigenvalue weighted by molar-refractivity contribution is 5.88. The number of carboxylic acid groups (broad SMARTS) is 1. The summed E-state index contributed by atoms with van der Waals surface area (Å²) >= 11 is 0. The quantitative estimate of drug-likeness (QED) is 0.792.